The zero-order valence-corrected chi connectivity index (χ0v) is 11.0. The summed E-state index contributed by atoms with van der Waals surface area (Å²) in [5.74, 6) is 2.07. The molecule has 1 aromatic heterocycles. The Morgan fingerprint density at radius 3 is 2.68 bits per heavy atom. The van der Waals surface area contributed by atoms with Gasteiger partial charge in [-0.3, -0.25) is 0 Å². The molecule has 6 nitrogen and oxygen atoms in total. The zero-order chi connectivity index (χ0) is 13.5. The lowest BCUT2D eigenvalue weighted by Gasteiger charge is -2.17. The number of nitrogens with zero attached hydrogens (tertiary/aromatic N) is 1. The second-order valence-electron chi connectivity index (χ2n) is 4.77. The lowest BCUT2D eigenvalue weighted by Crippen LogP contribution is -2.38. The topological polar surface area (TPSA) is 82.4 Å². The Bertz CT molecular complexity index is 561. The molecule has 2 aromatic rings. The molecule has 3 N–H and O–H groups in total. The summed E-state index contributed by atoms with van der Waals surface area (Å²) in [5.41, 5.74) is 7.46. The fraction of sp³-hybridized carbons (Fsp3) is 0.462. The molecule has 3 rings (SSSR count). The molecule has 0 spiro atoms. The standard InChI is InChI=1S/C13H17N3O3/c1-17-10-5-8-9(6-11(10)18-2)16-12(15-8)13(14)3-4-19-7-13/h5-6H,3-4,7,14H2,1-2H3,(H,15,16). The first-order valence-electron chi connectivity index (χ1n) is 6.15. The molecule has 0 saturated carbocycles. The second kappa shape index (κ2) is 4.40. The van der Waals surface area contributed by atoms with Crippen LogP contribution in [0.2, 0.25) is 0 Å². The Morgan fingerprint density at radius 2 is 2.05 bits per heavy atom. The quantitative estimate of drug-likeness (QED) is 0.868. The Labute approximate surface area is 110 Å². The van der Waals surface area contributed by atoms with Crippen LogP contribution in [-0.4, -0.2) is 37.4 Å². The number of H-pyrrole nitrogens is 1. The lowest BCUT2D eigenvalue weighted by atomic mass is 10.00. The fourth-order valence-electron chi connectivity index (χ4n) is 2.34. The van der Waals surface area contributed by atoms with E-state index >= 15 is 0 Å². The predicted octanol–water partition coefficient (Wildman–Crippen LogP) is 1.15. The largest absolute Gasteiger partial charge is 0.493 e. The van der Waals surface area contributed by atoms with Crippen molar-refractivity contribution in [2.24, 2.45) is 5.73 Å². The summed E-state index contributed by atoms with van der Waals surface area (Å²) in [6.07, 6.45) is 0.765. The van der Waals surface area contributed by atoms with Gasteiger partial charge in [-0.25, -0.2) is 4.98 Å². The van der Waals surface area contributed by atoms with Crippen LogP contribution in [0.1, 0.15) is 12.2 Å². The first-order chi connectivity index (χ1) is 9.16. The molecule has 0 aliphatic carbocycles. The molecule has 1 aliphatic heterocycles. The number of hydrogen-bond donors (Lipinski definition) is 2. The van der Waals surface area contributed by atoms with Crippen molar-refractivity contribution >= 4 is 11.0 Å². The van der Waals surface area contributed by atoms with Crippen molar-refractivity contribution in [1.82, 2.24) is 9.97 Å². The number of aromatic nitrogens is 2. The normalized spacial score (nSPS) is 22.9. The minimum Gasteiger partial charge on any atom is -0.493 e. The Hall–Kier alpha value is -1.79. The molecular weight excluding hydrogens is 246 g/mol. The molecule has 1 unspecified atom stereocenters. The molecule has 0 radical (unpaired) electrons. The third-order valence-corrected chi connectivity index (χ3v) is 3.51. The van der Waals surface area contributed by atoms with E-state index in [0.29, 0.717) is 24.7 Å². The Kier molecular flexibility index (Phi) is 2.83. The van der Waals surface area contributed by atoms with Gasteiger partial charge in [0, 0.05) is 18.7 Å². The van der Waals surface area contributed by atoms with Crippen LogP contribution in [0.3, 0.4) is 0 Å². The van der Waals surface area contributed by atoms with Crippen LogP contribution in [0.25, 0.3) is 11.0 Å². The maximum absolute atomic E-state index is 6.30. The van der Waals surface area contributed by atoms with E-state index in [1.807, 2.05) is 12.1 Å². The number of nitrogens with one attached hydrogen (secondary N) is 1. The van der Waals surface area contributed by atoms with Gasteiger partial charge in [0.2, 0.25) is 0 Å². The molecule has 102 valence electrons. The predicted molar refractivity (Wildman–Crippen MR) is 70.5 cm³/mol. The van der Waals surface area contributed by atoms with Gasteiger partial charge in [-0.1, -0.05) is 0 Å². The van der Waals surface area contributed by atoms with E-state index in [0.717, 1.165) is 23.3 Å². The number of methoxy groups -OCH3 is 2. The van der Waals surface area contributed by atoms with E-state index in [2.05, 4.69) is 9.97 Å². The zero-order valence-electron chi connectivity index (χ0n) is 11.0. The summed E-state index contributed by atoms with van der Waals surface area (Å²) < 4.78 is 15.9. The number of aromatic amines is 1. The first kappa shape index (κ1) is 12.3. The van der Waals surface area contributed by atoms with Crippen LogP contribution in [0.15, 0.2) is 12.1 Å². The molecule has 1 saturated heterocycles. The second-order valence-corrected chi connectivity index (χ2v) is 4.77. The summed E-state index contributed by atoms with van der Waals surface area (Å²) in [7, 11) is 3.21. The van der Waals surface area contributed by atoms with Crippen molar-refractivity contribution in [3.63, 3.8) is 0 Å². The summed E-state index contributed by atoms with van der Waals surface area (Å²) in [6.45, 7) is 1.15. The van der Waals surface area contributed by atoms with Gasteiger partial charge in [0.05, 0.1) is 31.9 Å². The van der Waals surface area contributed by atoms with Crippen molar-refractivity contribution in [3.8, 4) is 11.5 Å². The maximum atomic E-state index is 6.30. The van der Waals surface area contributed by atoms with Crippen LogP contribution >= 0.6 is 0 Å². The molecule has 6 heteroatoms. The van der Waals surface area contributed by atoms with Crippen molar-refractivity contribution in [1.29, 1.82) is 0 Å². The van der Waals surface area contributed by atoms with Gasteiger partial charge in [0.15, 0.2) is 11.5 Å². The van der Waals surface area contributed by atoms with Crippen molar-refractivity contribution in [2.75, 3.05) is 27.4 Å². The third kappa shape index (κ3) is 1.93. The van der Waals surface area contributed by atoms with E-state index in [9.17, 15) is 0 Å². The van der Waals surface area contributed by atoms with Crippen LogP contribution in [0.4, 0.5) is 0 Å². The Morgan fingerprint density at radius 1 is 1.32 bits per heavy atom. The van der Waals surface area contributed by atoms with Crippen molar-refractivity contribution in [3.05, 3.63) is 18.0 Å². The van der Waals surface area contributed by atoms with Gasteiger partial charge in [-0.15, -0.1) is 0 Å². The fourth-order valence-corrected chi connectivity index (χ4v) is 2.34. The first-order valence-corrected chi connectivity index (χ1v) is 6.15. The smallest absolute Gasteiger partial charge is 0.163 e. The van der Waals surface area contributed by atoms with Crippen LogP contribution in [0.5, 0.6) is 11.5 Å². The molecule has 1 aromatic carbocycles. The molecule has 1 aliphatic rings. The summed E-state index contributed by atoms with van der Waals surface area (Å²) in [5, 5.41) is 0. The average molecular weight is 263 g/mol. The average Bonchev–Trinajstić information content (AvgIpc) is 3.03. The van der Waals surface area contributed by atoms with E-state index < -0.39 is 5.54 Å². The van der Waals surface area contributed by atoms with Crippen LogP contribution in [0, 0.1) is 0 Å². The van der Waals surface area contributed by atoms with Gasteiger partial charge in [-0.2, -0.15) is 0 Å². The molecule has 2 heterocycles. The minimum absolute atomic E-state index is 0.487. The van der Waals surface area contributed by atoms with Crippen LogP contribution in [-0.2, 0) is 10.3 Å². The van der Waals surface area contributed by atoms with Gasteiger partial charge in [0.1, 0.15) is 11.4 Å². The molecule has 0 amide bonds. The molecule has 1 fully saturated rings. The maximum Gasteiger partial charge on any atom is 0.163 e. The highest BCUT2D eigenvalue weighted by Gasteiger charge is 2.35. The van der Waals surface area contributed by atoms with Crippen molar-refractivity contribution < 1.29 is 14.2 Å². The SMILES string of the molecule is COc1cc2nc(C3(N)CCOC3)[nH]c2cc1OC. The number of rotatable bonds is 3. The minimum atomic E-state index is -0.528. The van der Waals surface area contributed by atoms with Gasteiger partial charge in [0.25, 0.3) is 0 Å². The van der Waals surface area contributed by atoms with E-state index in [1.54, 1.807) is 14.2 Å². The van der Waals surface area contributed by atoms with Crippen molar-refractivity contribution in [2.45, 2.75) is 12.0 Å². The number of hydrogen-bond acceptors (Lipinski definition) is 5. The van der Waals surface area contributed by atoms with E-state index in [1.165, 1.54) is 0 Å². The summed E-state index contributed by atoms with van der Waals surface area (Å²) in [6, 6.07) is 3.71. The summed E-state index contributed by atoms with van der Waals surface area (Å²) in [4.78, 5) is 7.81. The monoisotopic (exact) mass is 263 g/mol. The molecular formula is C13H17N3O3. The highest BCUT2D eigenvalue weighted by Crippen LogP contribution is 2.33. The van der Waals surface area contributed by atoms with Gasteiger partial charge in [-0.05, 0) is 6.42 Å². The van der Waals surface area contributed by atoms with Crippen LogP contribution < -0.4 is 15.2 Å². The number of nitrogens with two attached hydrogens (primary N) is 1. The van der Waals surface area contributed by atoms with Gasteiger partial charge < -0.3 is 24.9 Å². The van der Waals surface area contributed by atoms with E-state index in [4.69, 9.17) is 19.9 Å². The number of fused-ring (bicyclic) bond motifs is 1. The lowest BCUT2D eigenvalue weighted by molar-refractivity contribution is 0.176. The Balaban J connectivity index is 2.10. The number of ether oxygens (including phenoxy) is 3. The molecule has 0 bridgehead atoms. The third-order valence-electron chi connectivity index (χ3n) is 3.51. The van der Waals surface area contributed by atoms with Gasteiger partial charge >= 0.3 is 0 Å². The van der Waals surface area contributed by atoms with E-state index in [-0.39, 0.29) is 0 Å². The number of imidazole rings is 1. The molecule has 1 atom stereocenters. The highest BCUT2D eigenvalue weighted by atomic mass is 16.5. The molecule has 19 heavy (non-hydrogen) atoms. The number of benzene rings is 1. The highest BCUT2D eigenvalue weighted by molar-refractivity contribution is 5.80. The summed E-state index contributed by atoms with van der Waals surface area (Å²) >= 11 is 0.